The standard InChI is InChI=1S/C10H13N5O3/c16-10-14-13-8-3-9(12-6-15(8)10)18-5-7-4-11-1-2-17-7/h3,6-7,11H,1-2,4-5H2,(H,14,16). The van der Waals surface area contributed by atoms with Crippen LogP contribution in [0.5, 0.6) is 5.88 Å². The van der Waals surface area contributed by atoms with Gasteiger partial charge in [-0.1, -0.05) is 0 Å². The lowest BCUT2D eigenvalue weighted by atomic mass is 10.3. The first-order valence-electron chi connectivity index (χ1n) is 5.71. The van der Waals surface area contributed by atoms with Crippen LogP contribution in [0.1, 0.15) is 0 Å². The zero-order valence-corrected chi connectivity index (χ0v) is 9.63. The molecule has 0 bridgehead atoms. The topological polar surface area (TPSA) is 93.5 Å². The van der Waals surface area contributed by atoms with Crippen molar-refractivity contribution in [2.45, 2.75) is 6.10 Å². The fourth-order valence-electron chi connectivity index (χ4n) is 1.78. The molecule has 0 aromatic carbocycles. The highest BCUT2D eigenvalue weighted by Gasteiger charge is 2.14. The van der Waals surface area contributed by atoms with E-state index in [4.69, 9.17) is 9.47 Å². The van der Waals surface area contributed by atoms with E-state index in [1.54, 1.807) is 6.07 Å². The predicted octanol–water partition coefficient (Wildman–Crippen LogP) is -1.22. The van der Waals surface area contributed by atoms with Crippen LogP contribution in [0.15, 0.2) is 17.2 Å². The maximum absolute atomic E-state index is 11.2. The number of nitrogens with zero attached hydrogens (tertiary/aromatic N) is 3. The zero-order chi connectivity index (χ0) is 12.4. The summed E-state index contributed by atoms with van der Waals surface area (Å²) in [5.74, 6) is 0.427. The van der Waals surface area contributed by atoms with Gasteiger partial charge in [0.1, 0.15) is 19.0 Å². The van der Waals surface area contributed by atoms with Crippen LogP contribution in [-0.4, -0.2) is 52.0 Å². The highest BCUT2D eigenvalue weighted by molar-refractivity contribution is 5.38. The second-order valence-corrected chi connectivity index (χ2v) is 3.99. The average Bonchev–Trinajstić information content (AvgIpc) is 2.79. The minimum atomic E-state index is -0.316. The second-order valence-electron chi connectivity index (χ2n) is 3.99. The molecule has 0 radical (unpaired) electrons. The zero-order valence-electron chi connectivity index (χ0n) is 9.63. The van der Waals surface area contributed by atoms with Crippen LogP contribution < -0.4 is 15.7 Å². The fourth-order valence-corrected chi connectivity index (χ4v) is 1.78. The lowest BCUT2D eigenvalue weighted by Gasteiger charge is -2.23. The van der Waals surface area contributed by atoms with Crippen molar-refractivity contribution in [3.05, 3.63) is 22.9 Å². The van der Waals surface area contributed by atoms with Crippen molar-refractivity contribution in [2.75, 3.05) is 26.3 Å². The summed E-state index contributed by atoms with van der Waals surface area (Å²) in [4.78, 5) is 15.3. The van der Waals surface area contributed by atoms with Gasteiger partial charge < -0.3 is 14.8 Å². The van der Waals surface area contributed by atoms with Crippen LogP contribution >= 0.6 is 0 Å². The van der Waals surface area contributed by atoms with Crippen LogP contribution in [0.4, 0.5) is 0 Å². The SMILES string of the molecule is O=c1[nH]nc2cc(OCC3CNCCO3)ncn12. The van der Waals surface area contributed by atoms with E-state index in [0.29, 0.717) is 24.7 Å². The fraction of sp³-hybridized carbons (Fsp3) is 0.500. The van der Waals surface area contributed by atoms with E-state index in [9.17, 15) is 4.79 Å². The van der Waals surface area contributed by atoms with Gasteiger partial charge in [-0.2, -0.15) is 5.10 Å². The predicted molar refractivity (Wildman–Crippen MR) is 61.7 cm³/mol. The Hall–Kier alpha value is -1.93. The van der Waals surface area contributed by atoms with E-state index in [-0.39, 0.29) is 11.8 Å². The molecule has 2 N–H and O–H groups in total. The molecule has 1 aliphatic rings. The number of hydrogen-bond donors (Lipinski definition) is 2. The quantitative estimate of drug-likeness (QED) is 0.710. The molecule has 1 saturated heterocycles. The van der Waals surface area contributed by atoms with Gasteiger partial charge >= 0.3 is 5.69 Å². The Kier molecular flexibility index (Phi) is 2.95. The number of rotatable bonds is 3. The smallest absolute Gasteiger partial charge is 0.348 e. The summed E-state index contributed by atoms with van der Waals surface area (Å²) in [5, 5.41) is 9.39. The molecule has 2 aromatic heterocycles. The van der Waals surface area contributed by atoms with E-state index in [1.807, 2.05) is 0 Å². The Bertz CT molecular complexity index is 586. The Balaban J connectivity index is 1.68. The van der Waals surface area contributed by atoms with Gasteiger partial charge in [-0.15, -0.1) is 0 Å². The van der Waals surface area contributed by atoms with Gasteiger partial charge in [-0.25, -0.2) is 19.3 Å². The molecule has 1 unspecified atom stereocenters. The van der Waals surface area contributed by atoms with Gasteiger partial charge in [-0.3, -0.25) is 0 Å². The van der Waals surface area contributed by atoms with E-state index in [1.165, 1.54) is 10.7 Å². The van der Waals surface area contributed by atoms with E-state index < -0.39 is 0 Å². The summed E-state index contributed by atoms with van der Waals surface area (Å²) in [5.41, 5.74) is 0.163. The van der Waals surface area contributed by atoms with Gasteiger partial charge in [0.05, 0.1) is 6.61 Å². The first kappa shape index (κ1) is 11.2. The Morgan fingerprint density at radius 1 is 1.61 bits per heavy atom. The average molecular weight is 251 g/mol. The number of H-pyrrole nitrogens is 1. The highest BCUT2D eigenvalue weighted by Crippen LogP contribution is 2.08. The molecule has 8 heteroatoms. The third-order valence-electron chi connectivity index (χ3n) is 2.71. The molecule has 18 heavy (non-hydrogen) atoms. The Morgan fingerprint density at radius 3 is 3.39 bits per heavy atom. The van der Waals surface area contributed by atoms with Gasteiger partial charge in [0.15, 0.2) is 5.65 Å². The molecule has 0 amide bonds. The first-order valence-corrected chi connectivity index (χ1v) is 5.71. The second kappa shape index (κ2) is 4.75. The van der Waals surface area contributed by atoms with Gasteiger partial charge in [0.25, 0.3) is 0 Å². The molecular formula is C10H13N5O3. The number of hydrogen-bond acceptors (Lipinski definition) is 6. The molecule has 1 atom stereocenters. The van der Waals surface area contributed by atoms with Crippen molar-refractivity contribution < 1.29 is 9.47 Å². The molecule has 3 rings (SSSR count). The Labute approximate surface area is 102 Å². The summed E-state index contributed by atoms with van der Waals surface area (Å²) < 4.78 is 12.3. The molecular weight excluding hydrogens is 238 g/mol. The van der Waals surface area contributed by atoms with Crippen LogP contribution in [0, 0.1) is 0 Å². The lowest BCUT2D eigenvalue weighted by Crippen LogP contribution is -2.41. The van der Waals surface area contributed by atoms with Crippen molar-refractivity contribution in [1.29, 1.82) is 0 Å². The number of fused-ring (bicyclic) bond motifs is 1. The molecule has 0 aliphatic carbocycles. The van der Waals surface area contributed by atoms with E-state index in [2.05, 4.69) is 20.5 Å². The number of nitrogens with one attached hydrogen (secondary N) is 2. The minimum absolute atomic E-state index is 0.0261. The maximum Gasteiger partial charge on any atom is 0.348 e. The molecule has 3 heterocycles. The minimum Gasteiger partial charge on any atom is -0.475 e. The van der Waals surface area contributed by atoms with Crippen LogP contribution in [-0.2, 0) is 4.74 Å². The van der Waals surface area contributed by atoms with Crippen LogP contribution in [0.3, 0.4) is 0 Å². The van der Waals surface area contributed by atoms with Crippen molar-refractivity contribution >= 4 is 5.65 Å². The van der Waals surface area contributed by atoms with Crippen LogP contribution in [0.2, 0.25) is 0 Å². The first-order chi connectivity index (χ1) is 8.83. The third-order valence-corrected chi connectivity index (χ3v) is 2.71. The summed E-state index contributed by atoms with van der Waals surface area (Å²) in [6.45, 7) is 2.75. The number of morpholine rings is 1. The van der Waals surface area contributed by atoms with Gasteiger partial charge in [0.2, 0.25) is 5.88 Å². The molecule has 0 saturated carbocycles. The van der Waals surface area contributed by atoms with Crippen LogP contribution in [0.25, 0.3) is 5.65 Å². The van der Waals surface area contributed by atoms with E-state index >= 15 is 0 Å². The molecule has 2 aromatic rings. The molecule has 0 spiro atoms. The summed E-state index contributed by atoms with van der Waals surface area (Å²) in [7, 11) is 0. The third kappa shape index (κ3) is 2.20. The monoisotopic (exact) mass is 251 g/mol. The van der Waals surface area contributed by atoms with Gasteiger partial charge in [0, 0.05) is 19.2 Å². The van der Waals surface area contributed by atoms with Crippen molar-refractivity contribution in [3.8, 4) is 5.88 Å². The molecule has 1 fully saturated rings. The molecule has 8 nitrogen and oxygen atoms in total. The van der Waals surface area contributed by atoms with Crippen molar-refractivity contribution in [1.82, 2.24) is 24.9 Å². The summed E-state index contributed by atoms with van der Waals surface area (Å²) in [6.07, 6.45) is 1.41. The maximum atomic E-state index is 11.2. The normalized spacial score (nSPS) is 20.1. The van der Waals surface area contributed by atoms with E-state index in [0.717, 1.165) is 13.1 Å². The molecule has 96 valence electrons. The van der Waals surface area contributed by atoms with Crippen molar-refractivity contribution in [2.24, 2.45) is 0 Å². The number of aromatic nitrogens is 4. The summed E-state index contributed by atoms with van der Waals surface area (Å²) >= 11 is 0. The molecule has 1 aliphatic heterocycles. The number of ether oxygens (including phenoxy) is 2. The largest absolute Gasteiger partial charge is 0.475 e. The summed E-state index contributed by atoms with van der Waals surface area (Å²) in [6, 6.07) is 1.61. The Morgan fingerprint density at radius 2 is 2.56 bits per heavy atom. The van der Waals surface area contributed by atoms with Crippen molar-refractivity contribution in [3.63, 3.8) is 0 Å². The highest BCUT2D eigenvalue weighted by atomic mass is 16.5. The number of aromatic amines is 1. The lowest BCUT2D eigenvalue weighted by molar-refractivity contribution is -0.000750. The van der Waals surface area contributed by atoms with Gasteiger partial charge in [-0.05, 0) is 0 Å².